The van der Waals surface area contributed by atoms with E-state index in [0.717, 1.165) is 163 Å². The van der Waals surface area contributed by atoms with E-state index in [4.69, 9.17) is 38.9 Å². The number of piperidine rings is 1. The van der Waals surface area contributed by atoms with Gasteiger partial charge in [-0.1, -0.05) is 30.3 Å². The van der Waals surface area contributed by atoms with E-state index < -0.39 is 0 Å². The maximum absolute atomic E-state index is 6.51. The van der Waals surface area contributed by atoms with Crippen molar-refractivity contribution in [1.82, 2.24) is 50.8 Å². The van der Waals surface area contributed by atoms with Gasteiger partial charge in [0, 0.05) is 86.6 Å². The molecule has 16 heteroatoms. The maximum Gasteiger partial charge on any atom is 0.243 e. The normalized spacial score (nSPS) is 17.0. The summed E-state index contributed by atoms with van der Waals surface area (Å²) in [7, 11) is 3.30. The fraction of sp³-hybridized carbons (Fsp3) is 0.380. The quantitative estimate of drug-likeness (QED) is 0.0927. The molecule has 0 atom stereocenters. The molecule has 66 heavy (non-hydrogen) atoms. The SMILES string of the molecule is COc1ccc(-c2ccc3c(c2)[nH]c2c(OC4CCNCC4)nc(N4CCNCC4)nc23)cc1OC.c1cc(-c2ccc3c(c2)[nH]c2c(OCC4CC4)nc(N4CCNCC4)nc23)ccn1. The van der Waals surface area contributed by atoms with Crippen molar-refractivity contribution in [3.8, 4) is 45.5 Å². The van der Waals surface area contributed by atoms with Gasteiger partial charge in [0.05, 0.1) is 20.8 Å². The minimum atomic E-state index is 0.147. The van der Waals surface area contributed by atoms with Gasteiger partial charge < -0.3 is 54.7 Å². The lowest BCUT2D eigenvalue weighted by atomic mass is 10.0. The molecule has 12 rings (SSSR count). The monoisotopic (exact) mass is 888 g/mol. The minimum absolute atomic E-state index is 0.147. The number of hydrogen-bond donors (Lipinski definition) is 5. The summed E-state index contributed by atoms with van der Waals surface area (Å²) in [5.74, 6) is 4.89. The Morgan fingerprint density at radius 1 is 0.545 bits per heavy atom. The number of hydrogen-bond acceptors (Lipinski definition) is 14. The van der Waals surface area contributed by atoms with Gasteiger partial charge in [-0.05, 0) is 103 Å². The van der Waals surface area contributed by atoms with Crippen LogP contribution in [0.15, 0.2) is 79.1 Å². The topological polar surface area (TPSA) is 176 Å². The van der Waals surface area contributed by atoms with Gasteiger partial charge in [-0.15, -0.1) is 0 Å². The first kappa shape index (κ1) is 41.9. The number of ether oxygens (including phenoxy) is 4. The van der Waals surface area contributed by atoms with E-state index in [0.29, 0.717) is 29.2 Å². The maximum atomic E-state index is 6.51. The zero-order chi connectivity index (χ0) is 44.4. The molecular weight excluding hydrogens is 833 g/mol. The molecule has 5 aromatic heterocycles. The molecule has 0 spiro atoms. The van der Waals surface area contributed by atoms with Crippen molar-refractivity contribution >= 4 is 55.8 Å². The molecular formula is C50H56N12O4. The fourth-order valence-corrected chi connectivity index (χ4v) is 9.12. The highest BCUT2D eigenvalue weighted by atomic mass is 16.5. The number of fused-ring (bicyclic) bond motifs is 6. The van der Waals surface area contributed by atoms with Crippen LogP contribution >= 0.6 is 0 Å². The van der Waals surface area contributed by atoms with E-state index >= 15 is 0 Å². The standard InChI is InChI=1S/C27H32N6O3.C23H24N6O/c1-34-22-6-4-18(16-23(22)35-2)17-3-5-20-21(15-17)30-25-24(20)31-27(33-13-11-29-12-14-33)32-26(25)36-19-7-9-28-10-8-19;1-2-15(1)14-30-22-21-20(27-23(28-22)29-11-9-25-10-12-29)18-4-3-17(13-19(18)26-21)16-5-7-24-8-6-16/h3-6,15-16,19,28-30H,7-14H2,1-2H3;3-8,13,15,25-26H,1-2,9-12,14H2. The molecule has 4 fully saturated rings. The highest BCUT2D eigenvalue weighted by Crippen LogP contribution is 2.38. The third-order valence-electron chi connectivity index (χ3n) is 13.0. The summed E-state index contributed by atoms with van der Waals surface area (Å²) in [5.41, 5.74) is 10.0. The van der Waals surface area contributed by atoms with Gasteiger partial charge in [0.25, 0.3) is 0 Å². The Morgan fingerprint density at radius 2 is 1.08 bits per heavy atom. The molecule has 5 N–H and O–H groups in total. The Labute approximate surface area is 382 Å². The summed E-state index contributed by atoms with van der Waals surface area (Å²) in [5, 5.41) is 12.4. The van der Waals surface area contributed by atoms with Crippen molar-refractivity contribution in [2.45, 2.75) is 31.8 Å². The van der Waals surface area contributed by atoms with Crippen molar-refractivity contribution in [3.63, 3.8) is 0 Å². The van der Waals surface area contributed by atoms with Crippen molar-refractivity contribution in [1.29, 1.82) is 0 Å². The number of methoxy groups -OCH3 is 2. The molecule has 4 aliphatic rings. The number of H-pyrrole nitrogens is 2. The number of aromatic nitrogens is 7. The molecule has 8 heterocycles. The van der Waals surface area contributed by atoms with Crippen molar-refractivity contribution in [3.05, 3.63) is 79.1 Å². The fourth-order valence-electron chi connectivity index (χ4n) is 9.12. The highest BCUT2D eigenvalue weighted by molar-refractivity contribution is 6.09. The van der Waals surface area contributed by atoms with Gasteiger partial charge in [-0.3, -0.25) is 4.98 Å². The lowest BCUT2D eigenvalue weighted by Crippen LogP contribution is -2.44. The van der Waals surface area contributed by atoms with Gasteiger partial charge in [0.15, 0.2) is 11.5 Å². The number of benzene rings is 3. The van der Waals surface area contributed by atoms with Gasteiger partial charge in [0.2, 0.25) is 23.7 Å². The van der Waals surface area contributed by atoms with Crippen molar-refractivity contribution < 1.29 is 18.9 Å². The van der Waals surface area contributed by atoms with Crippen LogP contribution in [0.5, 0.6) is 23.3 Å². The second-order valence-electron chi connectivity index (χ2n) is 17.5. The Balaban J connectivity index is 0.000000148. The average molecular weight is 889 g/mol. The number of nitrogens with zero attached hydrogens (tertiary/aromatic N) is 7. The molecule has 16 nitrogen and oxygen atoms in total. The molecule has 0 bridgehead atoms. The number of piperazine rings is 2. The van der Waals surface area contributed by atoms with E-state index in [1.165, 1.54) is 12.8 Å². The van der Waals surface area contributed by atoms with E-state index in [1.54, 1.807) is 14.2 Å². The lowest BCUT2D eigenvalue weighted by Gasteiger charge is -2.28. The number of anilines is 2. The first-order valence-electron chi connectivity index (χ1n) is 23.3. The molecule has 3 aliphatic heterocycles. The van der Waals surface area contributed by atoms with Crippen LogP contribution in [0.4, 0.5) is 11.9 Å². The highest BCUT2D eigenvalue weighted by Gasteiger charge is 2.26. The summed E-state index contributed by atoms with van der Waals surface area (Å²) in [4.78, 5) is 35.4. The first-order chi connectivity index (χ1) is 32.6. The predicted octanol–water partition coefficient (Wildman–Crippen LogP) is 6.71. The number of aromatic amines is 2. The summed E-state index contributed by atoms with van der Waals surface area (Å²) in [6, 6.07) is 22.9. The molecule has 1 saturated carbocycles. The van der Waals surface area contributed by atoms with Crippen LogP contribution in [0.25, 0.3) is 66.1 Å². The molecule has 0 amide bonds. The molecule has 3 saturated heterocycles. The Morgan fingerprint density at radius 3 is 1.67 bits per heavy atom. The van der Waals surface area contributed by atoms with Gasteiger partial charge >= 0.3 is 0 Å². The van der Waals surface area contributed by atoms with Gasteiger partial charge in [-0.25, -0.2) is 9.97 Å². The lowest BCUT2D eigenvalue weighted by molar-refractivity contribution is 0.158. The van der Waals surface area contributed by atoms with E-state index in [1.807, 2.05) is 42.7 Å². The van der Waals surface area contributed by atoms with Gasteiger partial charge in [-0.2, -0.15) is 9.97 Å². The van der Waals surface area contributed by atoms with Crippen LogP contribution < -0.4 is 44.7 Å². The first-order valence-corrected chi connectivity index (χ1v) is 23.3. The van der Waals surface area contributed by atoms with Crippen LogP contribution in [-0.2, 0) is 0 Å². The number of nitrogens with one attached hydrogen (secondary N) is 5. The number of pyridine rings is 1. The molecule has 0 radical (unpaired) electrons. The summed E-state index contributed by atoms with van der Waals surface area (Å²) < 4.78 is 23.6. The van der Waals surface area contributed by atoms with E-state index in [-0.39, 0.29) is 6.10 Å². The zero-order valence-corrected chi connectivity index (χ0v) is 37.5. The van der Waals surface area contributed by atoms with Crippen LogP contribution in [0, 0.1) is 5.92 Å². The van der Waals surface area contributed by atoms with Crippen LogP contribution in [0.2, 0.25) is 0 Å². The molecule has 0 unspecified atom stereocenters. The van der Waals surface area contributed by atoms with Crippen molar-refractivity contribution in [2.75, 3.05) is 96.1 Å². The van der Waals surface area contributed by atoms with Gasteiger partial charge in [0.1, 0.15) is 28.2 Å². The van der Waals surface area contributed by atoms with Crippen LogP contribution in [0.1, 0.15) is 25.7 Å². The molecule has 3 aromatic carbocycles. The van der Waals surface area contributed by atoms with Crippen molar-refractivity contribution in [2.24, 2.45) is 5.92 Å². The number of rotatable bonds is 11. The third-order valence-corrected chi connectivity index (χ3v) is 13.0. The largest absolute Gasteiger partial charge is 0.493 e. The smallest absolute Gasteiger partial charge is 0.243 e. The zero-order valence-electron chi connectivity index (χ0n) is 37.5. The summed E-state index contributed by atoms with van der Waals surface area (Å²) >= 11 is 0. The average Bonchev–Trinajstić information content (AvgIpc) is 4.04. The van der Waals surface area contributed by atoms with Crippen LogP contribution in [0.3, 0.4) is 0 Å². The molecule has 1 aliphatic carbocycles. The third kappa shape index (κ3) is 8.71. The second kappa shape index (κ2) is 18.6. The van der Waals surface area contributed by atoms with Crippen LogP contribution in [-0.4, -0.2) is 127 Å². The van der Waals surface area contributed by atoms with E-state index in [9.17, 15) is 0 Å². The predicted molar refractivity (Wildman–Crippen MR) is 259 cm³/mol. The minimum Gasteiger partial charge on any atom is -0.493 e. The Hall–Kier alpha value is -6.75. The molecule has 340 valence electrons. The second-order valence-corrected chi connectivity index (χ2v) is 17.5. The van der Waals surface area contributed by atoms with E-state index in [2.05, 4.69) is 77.1 Å². The summed E-state index contributed by atoms with van der Waals surface area (Å²) in [6.45, 7) is 9.97. The molecule has 8 aromatic rings. The Bertz CT molecular complexity index is 2970. The summed E-state index contributed by atoms with van der Waals surface area (Å²) in [6.07, 6.45) is 8.23. The Kier molecular flexibility index (Phi) is 11.8.